The van der Waals surface area contributed by atoms with Crippen molar-refractivity contribution in [2.45, 2.75) is 32.0 Å². The molecule has 1 fully saturated rings. The summed E-state index contributed by atoms with van der Waals surface area (Å²) in [6, 6.07) is 4.83. The number of likely N-dealkylation sites (tertiary alicyclic amines) is 1. The quantitative estimate of drug-likeness (QED) is 0.932. The van der Waals surface area contributed by atoms with Crippen molar-refractivity contribution in [3.05, 3.63) is 28.2 Å². The summed E-state index contributed by atoms with van der Waals surface area (Å²) in [5, 5.41) is 10.5. The van der Waals surface area contributed by atoms with Crippen LogP contribution in [0, 0.1) is 0 Å². The maximum Gasteiger partial charge on any atom is 0.263 e. The molecule has 1 aliphatic heterocycles. The van der Waals surface area contributed by atoms with Gasteiger partial charge in [0.05, 0.1) is 6.10 Å². The van der Waals surface area contributed by atoms with E-state index in [0.717, 1.165) is 12.8 Å². The number of halogens is 2. The number of carbonyl (C=O) groups is 1. The molecule has 0 aromatic heterocycles. The Morgan fingerprint density at radius 2 is 2.05 bits per heavy atom. The second-order valence-corrected chi connectivity index (χ2v) is 5.82. The molecule has 4 nitrogen and oxygen atoms in total. The Balaban J connectivity index is 1.99. The number of ether oxygens (including phenoxy) is 1. The van der Waals surface area contributed by atoms with Gasteiger partial charge in [-0.05, 0) is 38.0 Å². The largest absolute Gasteiger partial charge is 0.481 e. The molecule has 1 aromatic carbocycles. The lowest BCUT2D eigenvalue weighted by Crippen LogP contribution is -2.47. The molecule has 1 amide bonds. The van der Waals surface area contributed by atoms with Crippen molar-refractivity contribution in [3.63, 3.8) is 0 Å². The molecule has 20 heavy (non-hydrogen) atoms. The van der Waals surface area contributed by atoms with Gasteiger partial charge in [0.25, 0.3) is 5.91 Å². The summed E-state index contributed by atoms with van der Waals surface area (Å²) in [5.74, 6) is 0.320. The van der Waals surface area contributed by atoms with Crippen molar-refractivity contribution < 1.29 is 14.6 Å². The van der Waals surface area contributed by atoms with E-state index in [1.54, 1.807) is 30.0 Å². The van der Waals surface area contributed by atoms with Gasteiger partial charge in [-0.15, -0.1) is 0 Å². The molecule has 2 rings (SSSR count). The van der Waals surface area contributed by atoms with Gasteiger partial charge < -0.3 is 14.7 Å². The Hall–Kier alpha value is -0.970. The first-order valence-corrected chi connectivity index (χ1v) is 7.31. The Labute approximate surface area is 128 Å². The number of benzene rings is 1. The van der Waals surface area contributed by atoms with Crippen LogP contribution in [0.2, 0.25) is 10.0 Å². The third-order valence-electron chi connectivity index (χ3n) is 3.20. The predicted octanol–water partition coefficient (Wildman–Crippen LogP) is 2.74. The van der Waals surface area contributed by atoms with Crippen molar-refractivity contribution in [1.29, 1.82) is 0 Å². The minimum absolute atomic E-state index is 0.139. The SMILES string of the molecule is CC(Oc1cc(Cl)cc(Cl)c1)C(=O)N1CCCC(O)C1. The van der Waals surface area contributed by atoms with Crippen LogP contribution in [0.15, 0.2) is 18.2 Å². The fourth-order valence-electron chi connectivity index (χ4n) is 2.26. The zero-order valence-corrected chi connectivity index (χ0v) is 12.7. The lowest BCUT2D eigenvalue weighted by atomic mass is 10.1. The molecule has 2 atom stereocenters. The molecule has 1 N–H and O–H groups in total. The number of aliphatic hydroxyl groups is 1. The highest BCUT2D eigenvalue weighted by atomic mass is 35.5. The van der Waals surface area contributed by atoms with Crippen LogP contribution in [0.5, 0.6) is 5.75 Å². The van der Waals surface area contributed by atoms with Crippen LogP contribution in [0.3, 0.4) is 0 Å². The van der Waals surface area contributed by atoms with Crippen LogP contribution < -0.4 is 4.74 Å². The van der Waals surface area contributed by atoms with Gasteiger partial charge in [0, 0.05) is 23.1 Å². The van der Waals surface area contributed by atoms with Crippen molar-refractivity contribution >= 4 is 29.1 Å². The summed E-state index contributed by atoms with van der Waals surface area (Å²) in [6.07, 6.45) is 0.460. The molecule has 1 saturated heterocycles. The number of carbonyl (C=O) groups excluding carboxylic acids is 1. The minimum atomic E-state index is -0.644. The standard InChI is InChI=1S/C14H17Cl2NO3/c1-9(14(19)17-4-2-3-12(18)8-17)20-13-6-10(15)5-11(16)7-13/h5-7,9,12,18H,2-4,8H2,1H3. The number of piperidine rings is 1. The lowest BCUT2D eigenvalue weighted by Gasteiger charge is -2.32. The van der Waals surface area contributed by atoms with Gasteiger partial charge >= 0.3 is 0 Å². The minimum Gasteiger partial charge on any atom is -0.481 e. The Morgan fingerprint density at radius 3 is 2.65 bits per heavy atom. The first-order valence-electron chi connectivity index (χ1n) is 6.55. The number of amides is 1. The second-order valence-electron chi connectivity index (χ2n) is 4.95. The summed E-state index contributed by atoms with van der Waals surface area (Å²) in [7, 11) is 0. The predicted molar refractivity (Wildman–Crippen MR) is 78.4 cm³/mol. The number of rotatable bonds is 3. The average molecular weight is 318 g/mol. The molecule has 0 aliphatic carbocycles. The molecule has 0 bridgehead atoms. The monoisotopic (exact) mass is 317 g/mol. The van der Waals surface area contributed by atoms with Gasteiger partial charge in [-0.2, -0.15) is 0 Å². The number of β-amino-alcohol motifs (C(OH)–C–C–N with tert-alkyl or cyclic N) is 1. The molecule has 6 heteroatoms. The number of aliphatic hydroxyl groups excluding tert-OH is 1. The van der Waals surface area contributed by atoms with Gasteiger partial charge in [0.2, 0.25) is 0 Å². The summed E-state index contributed by atoms with van der Waals surface area (Å²) in [4.78, 5) is 13.9. The van der Waals surface area contributed by atoms with Crippen molar-refractivity contribution in [3.8, 4) is 5.75 Å². The molecular weight excluding hydrogens is 301 g/mol. The topological polar surface area (TPSA) is 49.8 Å². The van der Waals surface area contributed by atoms with Gasteiger partial charge in [0.15, 0.2) is 6.10 Å². The van der Waals surface area contributed by atoms with Crippen LogP contribution in [0.4, 0.5) is 0 Å². The first-order chi connectivity index (χ1) is 9.45. The molecule has 0 radical (unpaired) electrons. The van der Waals surface area contributed by atoms with E-state index in [9.17, 15) is 9.90 Å². The van der Waals surface area contributed by atoms with Crippen molar-refractivity contribution in [2.75, 3.05) is 13.1 Å². The third-order valence-corrected chi connectivity index (χ3v) is 3.64. The van der Waals surface area contributed by atoms with E-state index in [-0.39, 0.29) is 5.91 Å². The van der Waals surface area contributed by atoms with Crippen LogP contribution in [0.25, 0.3) is 0 Å². The van der Waals surface area contributed by atoms with E-state index in [1.165, 1.54) is 0 Å². The zero-order chi connectivity index (χ0) is 14.7. The lowest BCUT2D eigenvalue weighted by molar-refractivity contribution is -0.141. The Bertz CT molecular complexity index is 475. The van der Waals surface area contributed by atoms with Gasteiger partial charge in [-0.3, -0.25) is 4.79 Å². The number of hydrogen-bond donors (Lipinski definition) is 1. The molecular formula is C14H17Cl2NO3. The fourth-order valence-corrected chi connectivity index (χ4v) is 2.77. The van der Waals surface area contributed by atoms with Crippen molar-refractivity contribution in [1.82, 2.24) is 4.90 Å². The molecule has 1 aliphatic rings. The average Bonchev–Trinajstić information content (AvgIpc) is 2.36. The van der Waals surface area contributed by atoms with E-state index in [1.807, 2.05) is 0 Å². The number of hydrogen-bond acceptors (Lipinski definition) is 3. The Kier molecular flexibility index (Phi) is 5.13. The van der Waals surface area contributed by atoms with Crippen LogP contribution >= 0.6 is 23.2 Å². The molecule has 110 valence electrons. The second kappa shape index (κ2) is 6.66. The van der Waals surface area contributed by atoms with Crippen LogP contribution in [0.1, 0.15) is 19.8 Å². The van der Waals surface area contributed by atoms with E-state index >= 15 is 0 Å². The van der Waals surface area contributed by atoms with Crippen LogP contribution in [-0.2, 0) is 4.79 Å². The zero-order valence-electron chi connectivity index (χ0n) is 11.2. The fraction of sp³-hybridized carbons (Fsp3) is 0.500. The highest BCUT2D eigenvalue weighted by molar-refractivity contribution is 6.34. The molecule has 2 unspecified atom stereocenters. The molecule has 0 saturated carbocycles. The maximum atomic E-state index is 12.2. The van der Waals surface area contributed by atoms with E-state index in [2.05, 4.69) is 0 Å². The Morgan fingerprint density at radius 1 is 1.40 bits per heavy atom. The third kappa shape index (κ3) is 4.01. The number of nitrogens with zero attached hydrogens (tertiary/aromatic N) is 1. The first kappa shape index (κ1) is 15.4. The van der Waals surface area contributed by atoms with Gasteiger partial charge in [-0.1, -0.05) is 23.2 Å². The highest BCUT2D eigenvalue weighted by Crippen LogP contribution is 2.25. The van der Waals surface area contributed by atoms with E-state index in [4.69, 9.17) is 27.9 Å². The summed E-state index contributed by atoms with van der Waals surface area (Å²) in [5.41, 5.74) is 0. The molecule has 1 aromatic rings. The summed E-state index contributed by atoms with van der Waals surface area (Å²) in [6.45, 7) is 2.70. The van der Waals surface area contributed by atoms with Crippen molar-refractivity contribution in [2.24, 2.45) is 0 Å². The highest BCUT2D eigenvalue weighted by Gasteiger charge is 2.26. The normalized spacial score (nSPS) is 20.6. The van der Waals surface area contributed by atoms with E-state index < -0.39 is 12.2 Å². The summed E-state index contributed by atoms with van der Waals surface area (Å²) >= 11 is 11.8. The van der Waals surface area contributed by atoms with Crippen LogP contribution in [-0.4, -0.2) is 41.2 Å². The summed E-state index contributed by atoms with van der Waals surface area (Å²) < 4.78 is 5.58. The van der Waals surface area contributed by atoms with Gasteiger partial charge in [-0.25, -0.2) is 0 Å². The maximum absolute atomic E-state index is 12.2. The molecule has 1 heterocycles. The van der Waals surface area contributed by atoms with Gasteiger partial charge in [0.1, 0.15) is 5.75 Å². The molecule has 0 spiro atoms. The van der Waals surface area contributed by atoms with E-state index in [0.29, 0.717) is 28.9 Å². The smallest absolute Gasteiger partial charge is 0.263 e.